The molecule has 1 heterocycles. The van der Waals surface area contributed by atoms with Crippen LogP contribution in [0.4, 0.5) is 0 Å². The second-order valence-corrected chi connectivity index (χ2v) is 6.57. The van der Waals surface area contributed by atoms with E-state index in [-0.39, 0.29) is 5.91 Å². The van der Waals surface area contributed by atoms with Crippen molar-refractivity contribution in [1.82, 2.24) is 4.90 Å². The van der Waals surface area contributed by atoms with E-state index in [2.05, 4.69) is 39.5 Å². The molecule has 0 spiro atoms. The Morgan fingerprint density at radius 3 is 2.45 bits per heavy atom. The number of hydrogen-bond donors (Lipinski definition) is 0. The summed E-state index contributed by atoms with van der Waals surface area (Å²) in [5, 5.41) is 0. The number of carbonyl (C=O) groups is 1. The molecule has 1 aromatic carbocycles. The lowest BCUT2D eigenvalue weighted by atomic mass is 9.99. The summed E-state index contributed by atoms with van der Waals surface area (Å²) in [5.41, 5.74) is 4.69. The smallest absolute Gasteiger partial charge is 0.266 e. The maximum Gasteiger partial charge on any atom is 0.266 e. The van der Waals surface area contributed by atoms with Crippen LogP contribution in [0, 0.1) is 20.8 Å². The fourth-order valence-electron chi connectivity index (χ4n) is 2.34. The van der Waals surface area contributed by atoms with Crippen LogP contribution < -0.4 is 0 Å². The van der Waals surface area contributed by atoms with E-state index in [1.807, 2.05) is 6.08 Å². The van der Waals surface area contributed by atoms with E-state index in [9.17, 15) is 4.79 Å². The Morgan fingerprint density at radius 1 is 1.30 bits per heavy atom. The van der Waals surface area contributed by atoms with Crippen molar-refractivity contribution in [3.05, 3.63) is 51.9 Å². The first kappa shape index (κ1) is 15.0. The molecular weight excluding hydrogens is 286 g/mol. The van der Waals surface area contributed by atoms with Crippen molar-refractivity contribution in [2.45, 2.75) is 20.8 Å². The van der Waals surface area contributed by atoms with Gasteiger partial charge in [-0.3, -0.25) is 9.69 Å². The van der Waals surface area contributed by atoms with Crippen LogP contribution in [0.2, 0.25) is 0 Å². The van der Waals surface area contributed by atoms with Gasteiger partial charge in [0.15, 0.2) is 0 Å². The highest BCUT2D eigenvalue weighted by Gasteiger charge is 2.31. The normalized spacial score (nSPS) is 17.1. The lowest BCUT2D eigenvalue weighted by molar-refractivity contribution is -0.121. The molecular formula is C16H17NOS2. The Morgan fingerprint density at radius 2 is 1.90 bits per heavy atom. The van der Waals surface area contributed by atoms with E-state index < -0.39 is 0 Å². The molecule has 1 aliphatic rings. The Balaban J connectivity index is 2.40. The van der Waals surface area contributed by atoms with Crippen molar-refractivity contribution >= 4 is 40.3 Å². The molecule has 0 aromatic heterocycles. The Bertz CT molecular complexity index is 608. The lowest BCUT2D eigenvalue weighted by Gasteiger charge is -2.10. The van der Waals surface area contributed by atoms with Gasteiger partial charge in [0.05, 0.1) is 4.91 Å². The first-order chi connectivity index (χ1) is 9.43. The van der Waals surface area contributed by atoms with Crippen LogP contribution in [0.15, 0.2) is 29.7 Å². The summed E-state index contributed by atoms with van der Waals surface area (Å²) in [6, 6.07) is 4.26. The van der Waals surface area contributed by atoms with Gasteiger partial charge >= 0.3 is 0 Å². The first-order valence-corrected chi connectivity index (χ1v) is 7.60. The Labute approximate surface area is 129 Å². The summed E-state index contributed by atoms with van der Waals surface area (Å²) in [6.07, 6.45) is 3.64. The molecule has 0 bridgehead atoms. The van der Waals surface area contributed by atoms with Crippen LogP contribution in [-0.2, 0) is 4.79 Å². The number of nitrogens with zero attached hydrogens (tertiary/aromatic N) is 1. The van der Waals surface area contributed by atoms with Gasteiger partial charge in [-0.05, 0) is 43.5 Å². The summed E-state index contributed by atoms with van der Waals surface area (Å²) < 4.78 is 0.601. The van der Waals surface area contributed by atoms with Gasteiger partial charge in [-0.15, -0.1) is 6.58 Å². The van der Waals surface area contributed by atoms with Gasteiger partial charge in [-0.2, -0.15) is 0 Å². The quantitative estimate of drug-likeness (QED) is 0.478. The average molecular weight is 303 g/mol. The fourth-order valence-corrected chi connectivity index (χ4v) is 3.59. The van der Waals surface area contributed by atoms with Crippen molar-refractivity contribution in [1.29, 1.82) is 0 Å². The van der Waals surface area contributed by atoms with Gasteiger partial charge in [0.1, 0.15) is 4.32 Å². The third-order valence-corrected chi connectivity index (χ3v) is 4.58. The largest absolute Gasteiger partial charge is 0.289 e. The molecule has 1 fully saturated rings. The molecule has 0 unspecified atom stereocenters. The van der Waals surface area contributed by atoms with Gasteiger partial charge in [0.25, 0.3) is 5.91 Å². The number of thioether (sulfide) groups is 1. The number of thiocarbonyl (C=S) groups is 1. The summed E-state index contributed by atoms with van der Waals surface area (Å²) in [6.45, 7) is 10.3. The molecule has 1 aromatic rings. The molecule has 0 radical (unpaired) electrons. The molecule has 0 saturated carbocycles. The van der Waals surface area contributed by atoms with Crippen molar-refractivity contribution in [3.63, 3.8) is 0 Å². The van der Waals surface area contributed by atoms with Crippen molar-refractivity contribution in [3.8, 4) is 0 Å². The van der Waals surface area contributed by atoms with Crippen LogP contribution in [0.3, 0.4) is 0 Å². The lowest BCUT2D eigenvalue weighted by Crippen LogP contribution is -2.27. The van der Waals surface area contributed by atoms with Gasteiger partial charge in [-0.25, -0.2) is 0 Å². The third kappa shape index (κ3) is 2.86. The summed E-state index contributed by atoms with van der Waals surface area (Å²) in [5.74, 6) is -0.0284. The van der Waals surface area contributed by atoms with Crippen molar-refractivity contribution in [2.24, 2.45) is 0 Å². The average Bonchev–Trinajstić information content (AvgIpc) is 2.62. The zero-order chi connectivity index (χ0) is 14.9. The number of hydrogen-bond acceptors (Lipinski definition) is 3. The number of amides is 1. The first-order valence-electron chi connectivity index (χ1n) is 6.38. The van der Waals surface area contributed by atoms with Crippen LogP contribution in [0.25, 0.3) is 6.08 Å². The number of aryl methyl sites for hydroxylation is 3. The third-order valence-electron chi connectivity index (χ3n) is 3.20. The maximum atomic E-state index is 12.3. The van der Waals surface area contributed by atoms with Crippen LogP contribution in [0.5, 0.6) is 0 Å². The van der Waals surface area contributed by atoms with Crippen LogP contribution in [0.1, 0.15) is 22.3 Å². The van der Waals surface area contributed by atoms with E-state index in [1.165, 1.54) is 28.5 Å². The second-order valence-electron chi connectivity index (χ2n) is 4.89. The summed E-state index contributed by atoms with van der Waals surface area (Å²) in [4.78, 5) is 14.6. The molecule has 2 rings (SSSR count). The molecule has 20 heavy (non-hydrogen) atoms. The molecule has 4 heteroatoms. The highest BCUT2D eigenvalue weighted by molar-refractivity contribution is 8.26. The van der Waals surface area contributed by atoms with Crippen molar-refractivity contribution < 1.29 is 4.79 Å². The topological polar surface area (TPSA) is 20.3 Å². The van der Waals surface area contributed by atoms with E-state index in [0.717, 1.165) is 5.56 Å². The molecule has 1 aliphatic heterocycles. The van der Waals surface area contributed by atoms with Gasteiger partial charge in [0, 0.05) is 6.54 Å². The predicted molar refractivity (Wildman–Crippen MR) is 90.7 cm³/mol. The maximum absolute atomic E-state index is 12.3. The summed E-state index contributed by atoms with van der Waals surface area (Å²) in [7, 11) is 0. The van der Waals surface area contributed by atoms with Crippen LogP contribution in [-0.4, -0.2) is 21.7 Å². The minimum absolute atomic E-state index is 0.0284. The molecule has 1 amide bonds. The minimum Gasteiger partial charge on any atom is -0.289 e. The molecule has 104 valence electrons. The van der Waals surface area contributed by atoms with Gasteiger partial charge in [0.2, 0.25) is 0 Å². The molecule has 1 saturated heterocycles. The minimum atomic E-state index is -0.0284. The SMILES string of the molecule is C=CCN1C(=O)/C(=C/c2c(C)cc(C)cc2C)SC1=S. The number of rotatable bonds is 3. The molecule has 0 atom stereocenters. The highest BCUT2D eigenvalue weighted by Crippen LogP contribution is 2.33. The van der Waals surface area contributed by atoms with E-state index in [1.54, 1.807) is 11.0 Å². The molecule has 2 nitrogen and oxygen atoms in total. The standard InChI is InChI=1S/C16H17NOS2/c1-5-6-17-15(18)14(20-16(17)19)9-13-11(3)7-10(2)8-12(13)4/h5,7-9H,1,6H2,2-4H3/b14-9-. The van der Waals surface area contributed by atoms with Crippen molar-refractivity contribution in [2.75, 3.05) is 6.54 Å². The second kappa shape index (κ2) is 5.94. The van der Waals surface area contributed by atoms with E-state index >= 15 is 0 Å². The predicted octanol–water partition coefficient (Wildman–Crippen LogP) is 4.00. The molecule has 0 aliphatic carbocycles. The van der Waals surface area contributed by atoms with E-state index in [0.29, 0.717) is 15.8 Å². The monoisotopic (exact) mass is 303 g/mol. The highest BCUT2D eigenvalue weighted by atomic mass is 32.2. The van der Waals surface area contributed by atoms with Gasteiger partial charge < -0.3 is 0 Å². The fraction of sp³-hybridized carbons (Fsp3) is 0.250. The zero-order valence-electron chi connectivity index (χ0n) is 11.9. The number of carbonyl (C=O) groups excluding carboxylic acids is 1. The Kier molecular flexibility index (Phi) is 4.45. The van der Waals surface area contributed by atoms with E-state index in [4.69, 9.17) is 12.2 Å². The molecule has 0 N–H and O–H groups in total. The van der Waals surface area contributed by atoms with Gasteiger partial charge in [-0.1, -0.05) is 47.8 Å². The Hall–Kier alpha value is -1.39. The van der Waals surface area contributed by atoms with Crippen LogP contribution >= 0.6 is 24.0 Å². The zero-order valence-corrected chi connectivity index (χ0v) is 13.5. The number of benzene rings is 1. The summed E-state index contributed by atoms with van der Waals surface area (Å²) >= 11 is 6.60.